The van der Waals surface area contributed by atoms with Crippen molar-refractivity contribution in [3.63, 3.8) is 0 Å². The third-order valence-corrected chi connectivity index (χ3v) is 5.02. The standard InChI is InChI=1S/C21H20N6O/c1-3-16(11-22-7-1)13-26-9-10-28-20(15-26)21-19-6-5-18(14-27(19)25-24-21)17-4-2-8-23-12-17/h1-8,11-12,14,20H,9-10,13,15H2/t20-/m0/s1. The van der Waals surface area contributed by atoms with Crippen molar-refractivity contribution in [1.29, 1.82) is 0 Å². The lowest BCUT2D eigenvalue weighted by Gasteiger charge is -2.32. The molecule has 1 fully saturated rings. The highest BCUT2D eigenvalue weighted by atomic mass is 16.5. The lowest BCUT2D eigenvalue weighted by molar-refractivity contribution is -0.0343. The number of morpholine rings is 1. The van der Waals surface area contributed by atoms with Crippen molar-refractivity contribution in [1.82, 2.24) is 29.7 Å². The number of hydrogen-bond acceptors (Lipinski definition) is 6. The maximum Gasteiger partial charge on any atom is 0.121 e. The summed E-state index contributed by atoms with van der Waals surface area (Å²) in [7, 11) is 0. The zero-order valence-electron chi connectivity index (χ0n) is 15.3. The molecule has 28 heavy (non-hydrogen) atoms. The van der Waals surface area contributed by atoms with Crippen LogP contribution in [0.3, 0.4) is 0 Å². The highest BCUT2D eigenvalue weighted by molar-refractivity contribution is 5.65. The van der Waals surface area contributed by atoms with Gasteiger partial charge >= 0.3 is 0 Å². The van der Waals surface area contributed by atoms with Gasteiger partial charge in [0.05, 0.1) is 12.1 Å². The summed E-state index contributed by atoms with van der Waals surface area (Å²) >= 11 is 0. The summed E-state index contributed by atoms with van der Waals surface area (Å²) in [5.74, 6) is 0. The van der Waals surface area contributed by atoms with Crippen molar-refractivity contribution in [3.8, 4) is 11.1 Å². The van der Waals surface area contributed by atoms with E-state index in [0.717, 1.165) is 42.0 Å². The van der Waals surface area contributed by atoms with Crippen LogP contribution in [0.15, 0.2) is 67.4 Å². The first-order valence-electron chi connectivity index (χ1n) is 9.35. The van der Waals surface area contributed by atoms with Gasteiger partial charge in [0.25, 0.3) is 0 Å². The Kier molecular flexibility index (Phi) is 4.52. The molecule has 5 heterocycles. The molecule has 4 aromatic rings. The molecule has 0 radical (unpaired) electrons. The molecule has 0 N–H and O–H groups in total. The molecule has 5 rings (SSSR count). The van der Waals surface area contributed by atoms with Gasteiger partial charge in [0, 0.05) is 61.7 Å². The van der Waals surface area contributed by atoms with Crippen molar-refractivity contribution in [3.05, 3.63) is 78.6 Å². The Bertz CT molecular complexity index is 1070. The fourth-order valence-electron chi connectivity index (χ4n) is 3.61. The molecule has 1 saturated heterocycles. The van der Waals surface area contributed by atoms with Gasteiger partial charge in [-0.15, -0.1) is 5.10 Å². The SMILES string of the molecule is c1cncc(CN2CCO[C@H](c3nnn4cc(-c5cccnc5)ccc34)C2)c1. The van der Waals surface area contributed by atoms with E-state index in [1.54, 1.807) is 12.4 Å². The van der Waals surface area contributed by atoms with Gasteiger partial charge in [-0.3, -0.25) is 14.9 Å². The Morgan fingerprint density at radius 2 is 1.89 bits per heavy atom. The van der Waals surface area contributed by atoms with Crippen LogP contribution in [0.2, 0.25) is 0 Å². The highest BCUT2D eigenvalue weighted by Gasteiger charge is 2.26. The van der Waals surface area contributed by atoms with Gasteiger partial charge in [-0.05, 0) is 23.8 Å². The average Bonchev–Trinajstić information content (AvgIpc) is 3.19. The highest BCUT2D eigenvalue weighted by Crippen LogP contribution is 2.27. The third kappa shape index (κ3) is 3.37. The third-order valence-electron chi connectivity index (χ3n) is 5.02. The van der Waals surface area contributed by atoms with Crippen molar-refractivity contribution in [2.45, 2.75) is 12.6 Å². The van der Waals surface area contributed by atoms with Gasteiger partial charge in [0.15, 0.2) is 0 Å². The molecule has 1 atom stereocenters. The van der Waals surface area contributed by atoms with Gasteiger partial charge in [-0.25, -0.2) is 4.52 Å². The van der Waals surface area contributed by atoms with Gasteiger partial charge < -0.3 is 4.74 Å². The second-order valence-electron chi connectivity index (χ2n) is 6.92. The Balaban J connectivity index is 1.38. The number of hydrogen-bond donors (Lipinski definition) is 0. The number of pyridine rings is 3. The van der Waals surface area contributed by atoms with Gasteiger partial charge in [-0.2, -0.15) is 0 Å². The second-order valence-corrected chi connectivity index (χ2v) is 6.92. The normalized spacial score (nSPS) is 17.8. The fraction of sp³-hybridized carbons (Fsp3) is 0.238. The monoisotopic (exact) mass is 372 g/mol. The van der Waals surface area contributed by atoms with Crippen molar-refractivity contribution >= 4 is 5.52 Å². The smallest absolute Gasteiger partial charge is 0.121 e. The predicted octanol–water partition coefficient (Wildman–Crippen LogP) is 2.76. The molecular formula is C21H20N6O. The molecule has 1 aliphatic rings. The Hall–Kier alpha value is -3.16. The van der Waals surface area contributed by atoms with E-state index in [1.165, 1.54) is 5.56 Å². The van der Waals surface area contributed by atoms with Crippen LogP contribution in [0, 0.1) is 0 Å². The summed E-state index contributed by atoms with van der Waals surface area (Å²) < 4.78 is 7.85. The molecule has 0 saturated carbocycles. The van der Waals surface area contributed by atoms with E-state index in [2.05, 4.69) is 43.4 Å². The van der Waals surface area contributed by atoms with Crippen LogP contribution in [-0.2, 0) is 11.3 Å². The zero-order chi connectivity index (χ0) is 18.8. The van der Waals surface area contributed by atoms with Crippen LogP contribution in [-0.4, -0.2) is 49.4 Å². The quantitative estimate of drug-likeness (QED) is 0.549. The minimum atomic E-state index is -0.0906. The van der Waals surface area contributed by atoms with E-state index in [-0.39, 0.29) is 6.10 Å². The maximum atomic E-state index is 6.03. The van der Waals surface area contributed by atoms with Crippen LogP contribution in [0.1, 0.15) is 17.4 Å². The van der Waals surface area contributed by atoms with Crippen LogP contribution < -0.4 is 0 Å². The first kappa shape index (κ1) is 17.0. The van der Waals surface area contributed by atoms with E-state index in [0.29, 0.717) is 6.61 Å². The number of nitrogens with zero attached hydrogens (tertiary/aromatic N) is 6. The van der Waals surface area contributed by atoms with E-state index in [9.17, 15) is 0 Å². The minimum absolute atomic E-state index is 0.0906. The van der Waals surface area contributed by atoms with Crippen LogP contribution in [0.25, 0.3) is 16.6 Å². The molecule has 7 heteroatoms. The van der Waals surface area contributed by atoms with Crippen LogP contribution in [0.4, 0.5) is 0 Å². The molecule has 7 nitrogen and oxygen atoms in total. The number of fused-ring (bicyclic) bond motifs is 1. The maximum absolute atomic E-state index is 6.03. The van der Waals surface area contributed by atoms with E-state index in [4.69, 9.17) is 4.74 Å². The Labute approximate surface area is 162 Å². The summed E-state index contributed by atoms with van der Waals surface area (Å²) in [5, 5.41) is 8.76. The number of ether oxygens (including phenoxy) is 1. The van der Waals surface area contributed by atoms with Gasteiger partial charge in [0.1, 0.15) is 11.8 Å². The van der Waals surface area contributed by atoms with Crippen molar-refractivity contribution in [2.24, 2.45) is 0 Å². The molecule has 1 aliphatic heterocycles. The zero-order valence-corrected chi connectivity index (χ0v) is 15.3. The van der Waals surface area contributed by atoms with Crippen LogP contribution in [0.5, 0.6) is 0 Å². The Morgan fingerprint density at radius 3 is 2.71 bits per heavy atom. The average molecular weight is 372 g/mol. The molecule has 0 aliphatic carbocycles. The number of rotatable bonds is 4. The molecule has 0 amide bonds. The summed E-state index contributed by atoms with van der Waals surface area (Å²) in [6.07, 6.45) is 9.23. The summed E-state index contributed by atoms with van der Waals surface area (Å²) in [6, 6.07) is 12.2. The summed E-state index contributed by atoms with van der Waals surface area (Å²) in [4.78, 5) is 10.8. The lowest BCUT2D eigenvalue weighted by atomic mass is 10.1. The van der Waals surface area contributed by atoms with Crippen molar-refractivity contribution in [2.75, 3.05) is 19.7 Å². The summed E-state index contributed by atoms with van der Waals surface area (Å²) in [5.41, 5.74) is 5.17. The van der Waals surface area contributed by atoms with E-state index in [1.807, 2.05) is 41.3 Å². The van der Waals surface area contributed by atoms with Gasteiger partial charge in [0.2, 0.25) is 0 Å². The second kappa shape index (κ2) is 7.46. The van der Waals surface area contributed by atoms with Gasteiger partial charge in [-0.1, -0.05) is 23.4 Å². The largest absolute Gasteiger partial charge is 0.369 e. The molecule has 0 unspecified atom stereocenters. The van der Waals surface area contributed by atoms with E-state index < -0.39 is 0 Å². The van der Waals surface area contributed by atoms with E-state index >= 15 is 0 Å². The molecule has 0 aromatic carbocycles. The topological polar surface area (TPSA) is 68.4 Å². The minimum Gasteiger partial charge on any atom is -0.369 e. The lowest BCUT2D eigenvalue weighted by Crippen LogP contribution is -2.38. The predicted molar refractivity (Wildman–Crippen MR) is 104 cm³/mol. The molecular weight excluding hydrogens is 352 g/mol. The number of aromatic nitrogens is 5. The molecule has 0 bridgehead atoms. The first-order valence-corrected chi connectivity index (χ1v) is 9.35. The molecule has 140 valence electrons. The Morgan fingerprint density at radius 1 is 1.00 bits per heavy atom. The molecule has 4 aromatic heterocycles. The fourth-order valence-corrected chi connectivity index (χ4v) is 3.61. The molecule has 0 spiro atoms. The first-order chi connectivity index (χ1) is 13.9. The van der Waals surface area contributed by atoms with Crippen molar-refractivity contribution < 1.29 is 4.74 Å². The summed E-state index contributed by atoms with van der Waals surface area (Å²) in [6.45, 7) is 3.22. The van der Waals surface area contributed by atoms with Crippen LogP contribution >= 0.6 is 0 Å².